The molecule has 0 aliphatic rings. The van der Waals surface area contributed by atoms with Gasteiger partial charge in [-0.2, -0.15) is 5.10 Å². The highest BCUT2D eigenvalue weighted by Gasteiger charge is 2.16. The lowest BCUT2D eigenvalue weighted by Gasteiger charge is -2.23. The zero-order valence-electron chi connectivity index (χ0n) is 12.3. The molecular weight excluding hydrogens is 268 g/mol. The third-order valence-corrected chi connectivity index (χ3v) is 3.42. The minimum absolute atomic E-state index is 0.201. The number of aryl methyl sites for hydroxylation is 1. The molecule has 0 fully saturated rings. The average Bonchev–Trinajstić information content (AvgIpc) is 3.08. The Labute approximate surface area is 122 Å². The number of imidazole rings is 1. The number of rotatable bonds is 5. The Morgan fingerprint density at radius 3 is 2.90 bits per heavy atom. The average molecular weight is 286 g/mol. The van der Waals surface area contributed by atoms with E-state index in [1.54, 1.807) is 6.33 Å². The van der Waals surface area contributed by atoms with E-state index >= 15 is 0 Å². The largest absolute Gasteiger partial charge is 0.366 e. The number of aromatic nitrogens is 6. The Bertz CT molecular complexity index is 728. The Kier molecular flexibility index (Phi) is 3.53. The second kappa shape index (κ2) is 5.49. The molecule has 3 rings (SSSR count). The van der Waals surface area contributed by atoms with Crippen LogP contribution in [0, 0.1) is 0 Å². The molecule has 3 heterocycles. The molecule has 3 aromatic rings. The fourth-order valence-electron chi connectivity index (χ4n) is 2.30. The number of hydrogen-bond donors (Lipinski definition) is 2. The van der Waals surface area contributed by atoms with Gasteiger partial charge in [-0.15, -0.1) is 0 Å². The second-order valence-corrected chi connectivity index (χ2v) is 5.13. The topological polar surface area (TPSA) is 87.5 Å². The molecule has 0 bridgehead atoms. The number of anilines is 1. The molecule has 0 saturated heterocycles. The molecule has 0 aromatic carbocycles. The summed E-state index contributed by atoms with van der Waals surface area (Å²) in [6.45, 7) is 0.712. The van der Waals surface area contributed by atoms with Crippen LogP contribution in [0.4, 0.5) is 5.82 Å². The van der Waals surface area contributed by atoms with Crippen LogP contribution in [0.3, 0.4) is 0 Å². The van der Waals surface area contributed by atoms with Crippen molar-refractivity contribution in [1.82, 2.24) is 34.6 Å². The summed E-state index contributed by atoms with van der Waals surface area (Å²) >= 11 is 0. The molecule has 0 amide bonds. The first-order valence-electron chi connectivity index (χ1n) is 6.68. The van der Waals surface area contributed by atoms with Crippen molar-refractivity contribution in [3.05, 3.63) is 30.6 Å². The van der Waals surface area contributed by atoms with E-state index < -0.39 is 0 Å². The summed E-state index contributed by atoms with van der Waals surface area (Å²) in [6, 6.07) is 0.201. The Balaban J connectivity index is 1.80. The molecule has 0 radical (unpaired) electrons. The molecule has 8 heteroatoms. The van der Waals surface area contributed by atoms with E-state index in [0.29, 0.717) is 12.2 Å². The van der Waals surface area contributed by atoms with Gasteiger partial charge in [0.15, 0.2) is 11.5 Å². The van der Waals surface area contributed by atoms with Gasteiger partial charge < -0.3 is 15.2 Å². The summed E-state index contributed by atoms with van der Waals surface area (Å²) < 4.78 is 1.81. The number of fused-ring (bicyclic) bond motifs is 1. The quantitative estimate of drug-likeness (QED) is 0.721. The van der Waals surface area contributed by atoms with Crippen molar-refractivity contribution in [3.8, 4) is 0 Å². The van der Waals surface area contributed by atoms with Gasteiger partial charge in [-0.3, -0.25) is 4.68 Å². The van der Waals surface area contributed by atoms with Gasteiger partial charge in [-0.1, -0.05) is 0 Å². The Morgan fingerprint density at radius 1 is 1.33 bits per heavy atom. The van der Waals surface area contributed by atoms with Crippen LogP contribution >= 0.6 is 0 Å². The molecule has 8 nitrogen and oxygen atoms in total. The van der Waals surface area contributed by atoms with E-state index in [4.69, 9.17) is 0 Å². The fraction of sp³-hybridized carbons (Fsp3) is 0.385. The Morgan fingerprint density at radius 2 is 2.19 bits per heavy atom. The van der Waals surface area contributed by atoms with Crippen LogP contribution in [0.1, 0.15) is 11.6 Å². The van der Waals surface area contributed by atoms with Crippen LogP contribution in [0.2, 0.25) is 0 Å². The third-order valence-electron chi connectivity index (χ3n) is 3.42. The van der Waals surface area contributed by atoms with Crippen LogP contribution in [-0.2, 0) is 7.05 Å². The minimum atomic E-state index is 0.201. The molecule has 2 N–H and O–H groups in total. The van der Waals surface area contributed by atoms with Gasteiger partial charge in [0.05, 0.1) is 18.6 Å². The number of aromatic amines is 1. The van der Waals surface area contributed by atoms with Crippen LogP contribution in [0.25, 0.3) is 11.2 Å². The molecule has 21 heavy (non-hydrogen) atoms. The van der Waals surface area contributed by atoms with Gasteiger partial charge in [0.1, 0.15) is 11.8 Å². The van der Waals surface area contributed by atoms with E-state index in [0.717, 1.165) is 16.9 Å². The van der Waals surface area contributed by atoms with Gasteiger partial charge in [0.25, 0.3) is 0 Å². The van der Waals surface area contributed by atoms with Crippen molar-refractivity contribution in [2.24, 2.45) is 7.05 Å². The Hall–Kier alpha value is -2.48. The van der Waals surface area contributed by atoms with Gasteiger partial charge in [0, 0.05) is 25.4 Å². The lowest BCUT2D eigenvalue weighted by molar-refractivity contribution is 0.311. The normalized spacial score (nSPS) is 13.0. The first-order chi connectivity index (χ1) is 10.1. The van der Waals surface area contributed by atoms with Gasteiger partial charge >= 0.3 is 0 Å². The van der Waals surface area contributed by atoms with Crippen molar-refractivity contribution in [2.75, 3.05) is 26.0 Å². The summed E-state index contributed by atoms with van der Waals surface area (Å²) in [5.41, 5.74) is 2.64. The first kappa shape index (κ1) is 13.5. The van der Waals surface area contributed by atoms with Crippen molar-refractivity contribution in [3.63, 3.8) is 0 Å². The predicted molar refractivity (Wildman–Crippen MR) is 79.8 cm³/mol. The van der Waals surface area contributed by atoms with E-state index in [1.165, 1.54) is 6.33 Å². The highest BCUT2D eigenvalue weighted by molar-refractivity contribution is 5.81. The standard InChI is InChI=1S/C13H18N8/c1-20(2)10(9-4-19-21(3)6-9)5-14-12-11-13(16-7-15-11)18-8-17-12/h4,6-8,10H,5H2,1-3H3,(H2,14,15,16,17,18). The maximum Gasteiger partial charge on any atom is 0.182 e. The third kappa shape index (κ3) is 2.70. The van der Waals surface area contributed by atoms with E-state index in [9.17, 15) is 0 Å². The maximum atomic E-state index is 4.28. The maximum absolute atomic E-state index is 4.28. The minimum Gasteiger partial charge on any atom is -0.366 e. The molecule has 110 valence electrons. The number of H-pyrrole nitrogens is 1. The van der Waals surface area contributed by atoms with Crippen LogP contribution in [-0.4, -0.2) is 55.3 Å². The van der Waals surface area contributed by atoms with Gasteiger partial charge in [-0.05, 0) is 14.1 Å². The smallest absolute Gasteiger partial charge is 0.182 e. The lowest BCUT2D eigenvalue weighted by atomic mass is 10.1. The van der Waals surface area contributed by atoms with Crippen molar-refractivity contribution >= 4 is 17.0 Å². The van der Waals surface area contributed by atoms with Gasteiger partial charge in [-0.25, -0.2) is 15.0 Å². The summed E-state index contributed by atoms with van der Waals surface area (Å²) in [4.78, 5) is 17.7. The van der Waals surface area contributed by atoms with Crippen LogP contribution in [0.15, 0.2) is 25.0 Å². The zero-order chi connectivity index (χ0) is 14.8. The summed E-state index contributed by atoms with van der Waals surface area (Å²) in [5.74, 6) is 0.758. The summed E-state index contributed by atoms with van der Waals surface area (Å²) in [5, 5.41) is 7.60. The number of likely N-dealkylation sites (N-methyl/N-ethyl adjacent to an activating group) is 1. The van der Waals surface area contributed by atoms with E-state index in [1.807, 2.05) is 38.2 Å². The highest BCUT2D eigenvalue weighted by Crippen LogP contribution is 2.20. The molecule has 0 aliphatic carbocycles. The predicted octanol–water partition coefficient (Wildman–Crippen LogP) is 0.801. The lowest BCUT2D eigenvalue weighted by Crippen LogP contribution is -2.26. The van der Waals surface area contributed by atoms with Gasteiger partial charge in [0.2, 0.25) is 0 Å². The number of hydrogen-bond acceptors (Lipinski definition) is 6. The summed E-state index contributed by atoms with van der Waals surface area (Å²) in [7, 11) is 6.01. The highest BCUT2D eigenvalue weighted by atomic mass is 15.2. The molecule has 0 spiro atoms. The number of nitrogens with one attached hydrogen (secondary N) is 2. The zero-order valence-corrected chi connectivity index (χ0v) is 12.3. The molecule has 3 aromatic heterocycles. The molecule has 0 saturated carbocycles. The van der Waals surface area contributed by atoms with Crippen LogP contribution in [0.5, 0.6) is 0 Å². The second-order valence-electron chi connectivity index (χ2n) is 5.13. The van der Waals surface area contributed by atoms with Crippen molar-refractivity contribution in [2.45, 2.75) is 6.04 Å². The molecule has 0 aliphatic heterocycles. The molecule has 1 atom stereocenters. The molecule has 1 unspecified atom stereocenters. The SMILES string of the molecule is CN(C)C(CNc1ncnc2nc[nH]c12)c1cnn(C)c1. The monoisotopic (exact) mass is 286 g/mol. The summed E-state index contributed by atoms with van der Waals surface area (Å²) in [6.07, 6.45) is 7.05. The first-order valence-corrected chi connectivity index (χ1v) is 6.68. The van der Waals surface area contributed by atoms with Crippen molar-refractivity contribution < 1.29 is 0 Å². The molecular formula is C13H18N8. The van der Waals surface area contributed by atoms with Crippen LogP contribution < -0.4 is 5.32 Å². The van der Waals surface area contributed by atoms with E-state index in [-0.39, 0.29) is 6.04 Å². The van der Waals surface area contributed by atoms with Crippen molar-refractivity contribution in [1.29, 1.82) is 0 Å². The number of nitrogens with zero attached hydrogens (tertiary/aromatic N) is 6. The van der Waals surface area contributed by atoms with E-state index in [2.05, 4.69) is 35.3 Å². The fourth-order valence-corrected chi connectivity index (χ4v) is 2.30.